The van der Waals surface area contributed by atoms with Crippen molar-refractivity contribution in [2.75, 3.05) is 6.61 Å². The minimum atomic E-state index is -0.543. The molecule has 0 aromatic carbocycles. The van der Waals surface area contributed by atoms with Crippen LogP contribution in [0.2, 0.25) is 0 Å². The van der Waals surface area contributed by atoms with E-state index in [1.165, 1.54) is 0 Å². The highest BCUT2D eigenvalue weighted by molar-refractivity contribution is 5.75. The molecule has 0 amide bonds. The first-order valence-electron chi connectivity index (χ1n) is 6.26. The van der Waals surface area contributed by atoms with Gasteiger partial charge in [-0.25, -0.2) is 0 Å². The lowest BCUT2D eigenvalue weighted by atomic mass is 9.86. The van der Waals surface area contributed by atoms with Crippen LogP contribution >= 0.6 is 0 Å². The number of carbonyl (C=O) groups excluding carboxylic acids is 1. The normalized spacial score (nSPS) is 17.4. The van der Waals surface area contributed by atoms with Crippen LogP contribution in [0.5, 0.6) is 0 Å². The van der Waals surface area contributed by atoms with Gasteiger partial charge in [0.1, 0.15) is 0 Å². The van der Waals surface area contributed by atoms with Crippen molar-refractivity contribution in [1.29, 1.82) is 0 Å². The van der Waals surface area contributed by atoms with Crippen molar-refractivity contribution in [2.45, 2.75) is 59.6 Å². The summed E-state index contributed by atoms with van der Waals surface area (Å²) in [4.78, 5) is 11.9. The van der Waals surface area contributed by atoms with Crippen LogP contribution in [-0.4, -0.2) is 29.8 Å². The maximum Gasteiger partial charge on any atom is 0.311 e. The molecule has 3 unspecified atom stereocenters. The second-order valence-corrected chi connectivity index (χ2v) is 5.85. The molecule has 0 spiro atoms. The van der Waals surface area contributed by atoms with Crippen molar-refractivity contribution in [3.8, 4) is 0 Å². The summed E-state index contributed by atoms with van der Waals surface area (Å²) in [7, 11) is 0. The molecule has 17 heavy (non-hydrogen) atoms. The first-order chi connectivity index (χ1) is 7.65. The smallest absolute Gasteiger partial charge is 0.311 e. The molecule has 0 aliphatic heterocycles. The highest BCUT2D eigenvalue weighted by Gasteiger charge is 2.30. The number of esters is 1. The highest BCUT2D eigenvalue weighted by atomic mass is 16.5. The van der Waals surface area contributed by atoms with E-state index in [1.54, 1.807) is 6.92 Å². The van der Waals surface area contributed by atoms with Crippen LogP contribution in [0.15, 0.2) is 0 Å². The molecule has 0 fully saturated rings. The van der Waals surface area contributed by atoms with E-state index in [0.29, 0.717) is 19.4 Å². The van der Waals surface area contributed by atoms with Crippen molar-refractivity contribution in [3.63, 3.8) is 0 Å². The molecular weight excluding hydrogens is 218 g/mol. The predicted octanol–water partition coefficient (Wildman–Crippen LogP) is 1.70. The van der Waals surface area contributed by atoms with Gasteiger partial charge in [-0.3, -0.25) is 4.79 Å². The van der Waals surface area contributed by atoms with Gasteiger partial charge in [0.15, 0.2) is 0 Å². The minimum Gasteiger partial charge on any atom is -0.465 e. The number of aliphatic hydroxyl groups is 1. The standard InChI is InChI=1S/C13H27NO3/c1-9(6-11(3)15)8-17-12(16)13(4,5)7-10(2)14/h9-11,15H,6-8,14H2,1-5H3. The van der Waals surface area contributed by atoms with E-state index in [-0.39, 0.29) is 24.0 Å². The Hall–Kier alpha value is -0.610. The van der Waals surface area contributed by atoms with Crippen LogP contribution in [-0.2, 0) is 9.53 Å². The Kier molecular flexibility index (Phi) is 6.72. The fourth-order valence-electron chi connectivity index (χ4n) is 1.95. The van der Waals surface area contributed by atoms with E-state index in [2.05, 4.69) is 0 Å². The molecule has 0 rings (SSSR count). The van der Waals surface area contributed by atoms with E-state index in [4.69, 9.17) is 10.5 Å². The lowest BCUT2D eigenvalue weighted by Crippen LogP contribution is -2.34. The van der Waals surface area contributed by atoms with Gasteiger partial charge in [0, 0.05) is 6.04 Å². The molecule has 4 heteroatoms. The molecule has 0 aromatic rings. The summed E-state index contributed by atoms with van der Waals surface area (Å²) in [6.45, 7) is 9.62. The predicted molar refractivity (Wildman–Crippen MR) is 68.5 cm³/mol. The summed E-state index contributed by atoms with van der Waals surface area (Å²) >= 11 is 0. The molecule has 0 aliphatic rings. The van der Waals surface area contributed by atoms with Gasteiger partial charge in [-0.15, -0.1) is 0 Å². The molecule has 0 bridgehead atoms. The molecule has 0 aliphatic carbocycles. The third kappa shape index (κ3) is 7.34. The van der Waals surface area contributed by atoms with E-state index in [9.17, 15) is 9.90 Å². The molecule has 0 saturated heterocycles. The fraction of sp³-hybridized carbons (Fsp3) is 0.923. The number of ether oxygens (including phenoxy) is 1. The largest absolute Gasteiger partial charge is 0.465 e. The minimum absolute atomic E-state index is 0.0209. The first kappa shape index (κ1) is 16.4. The van der Waals surface area contributed by atoms with Crippen LogP contribution in [0.3, 0.4) is 0 Å². The summed E-state index contributed by atoms with van der Waals surface area (Å²) in [5.41, 5.74) is 5.15. The topological polar surface area (TPSA) is 72.6 Å². The van der Waals surface area contributed by atoms with Crippen molar-refractivity contribution in [3.05, 3.63) is 0 Å². The Morgan fingerprint density at radius 1 is 1.35 bits per heavy atom. The van der Waals surface area contributed by atoms with Gasteiger partial charge in [-0.2, -0.15) is 0 Å². The van der Waals surface area contributed by atoms with Crippen molar-refractivity contribution >= 4 is 5.97 Å². The lowest BCUT2D eigenvalue weighted by Gasteiger charge is -2.25. The van der Waals surface area contributed by atoms with E-state index < -0.39 is 5.41 Å². The number of hydrogen-bond donors (Lipinski definition) is 2. The maximum atomic E-state index is 11.9. The van der Waals surface area contributed by atoms with Crippen LogP contribution < -0.4 is 5.73 Å². The van der Waals surface area contributed by atoms with Crippen molar-refractivity contribution < 1.29 is 14.6 Å². The third-order valence-corrected chi connectivity index (χ3v) is 2.63. The second-order valence-electron chi connectivity index (χ2n) is 5.85. The summed E-state index contributed by atoms with van der Waals surface area (Å²) in [6.07, 6.45) is 0.887. The number of nitrogens with two attached hydrogens (primary N) is 1. The Labute approximate surface area is 105 Å². The molecule has 0 aromatic heterocycles. The Morgan fingerprint density at radius 2 is 1.88 bits per heavy atom. The molecule has 3 atom stereocenters. The SMILES string of the molecule is CC(N)CC(C)(C)C(=O)OCC(C)CC(C)O. The van der Waals surface area contributed by atoms with Gasteiger partial charge < -0.3 is 15.6 Å². The Balaban J connectivity index is 4.08. The zero-order valence-electron chi connectivity index (χ0n) is 11.7. The fourth-order valence-corrected chi connectivity index (χ4v) is 1.95. The Bertz CT molecular complexity index is 237. The monoisotopic (exact) mass is 245 g/mol. The van der Waals surface area contributed by atoms with Crippen LogP contribution in [0, 0.1) is 11.3 Å². The van der Waals surface area contributed by atoms with E-state index in [0.717, 1.165) is 0 Å². The van der Waals surface area contributed by atoms with Gasteiger partial charge in [-0.1, -0.05) is 6.92 Å². The highest BCUT2D eigenvalue weighted by Crippen LogP contribution is 2.24. The maximum absolute atomic E-state index is 11.9. The zero-order chi connectivity index (χ0) is 13.6. The quantitative estimate of drug-likeness (QED) is 0.670. The summed E-state index contributed by atoms with van der Waals surface area (Å²) in [5.74, 6) is -0.0442. The Morgan fingerprint density at radius 3 is 2.29 bits per heavy atom. The first-order valence-corrected chi connectivity index (χ1v) is 6.26. The van der Waals surface area contributed by atoms with E-state index in [1.807, 2.05) is 27.7 Å². The number of rotatable bonds is 7. The molecule has 102 valence electrons. The molecule has 0 heterocycles. The van der Waals surface area contributed by atoms with Crippen LogP contribution in [0.25, 0.3) is 0 Å². The average molecular weight is 245 g/mol. The van der Waals surface area contributed by atoms with Gasteiger partial charge in [0.2, 0.25) is 0 Å². The zero-order valence-corrected chi connectivity index (χ0v) is 11.7. The molecular formula is C13H27NO3. The number of hydrogen-bond acceptors (Lipinski definition) is 4. The molecule has 4 nitrogen and oxygen atoms in total. The summed E-state index contributed by atoms with van der Waals surface area (Å²) in [6, 6.07) is -0.0209. The van der Waals surface area contributed by atoms with Crippen molar-refractivity contribution in [2.24, 2.45) is 17.1 Å². The molecule has 3 N–H and O–H groups in total. The third-order valence-electron chi connectivity index (χ3n) is 2.63. The lowest BCUT2D eigenvalue weighted by molar-refractivity contribution is -0.156. The van der Waals surface area contributed by atoms with Crippen molar-refractivity contribution in [1.82, 2.24) is 0 Å². The number of carbonyl (C=O) groups is 1. The summed E-state index contributed by atoms with van der Waals surface area (Å²) in [5, 5.41) is 9.21. The van der Waals surface area contributed by atoms with Gasteiger partial charge in [0.25, 0.3) is 0 Å². The molecule has 0 saturated carbocycles. The average Bonchev–Trinajstić information content (AvgIpc) is 2.10. The van der Waals surface area contributed by atoms with E-state index >= 15 is 0 Å². The molecule has 0 radical (unpaired) electrons. The van der Waals surface area contributed by atoms with Gasteiger partial charge >= 0.3 is 5.97 Å². The summed E-state index contributed by atoms with van der Waals surface area (Å²) < 4.78 is 5.26. The van der Waals surface area contributed by atoms with Gasteiger partial charge in [0.05, 0.1) is 18.1 Å². The van der Waals surface area contributed by atoms with Crippen LogP contribution in [0.1, 0.15) is 47.5 Å². The van der Waals surface area contributed by atoms with Crippen LogP contribution in [0.4, 0.5) is 0 Å². The van der Waals surface area contributed by atoms with Gasteiger partial charge in [-0.05, 0) is 46.5 Å². The second kappa shape index (κ2) is 6.97. The number of aliphatic hydroxyl groups excluding tert-OH is 1.